The van der Waals surface area contributed by atoms with E-state index in [0.717, 1.165) is 4.88 Å². The Hall–Kier alpha value is -1.72. The molecule has 0 N–H and O–H groups in total. The maximum absolute atomic E-state index is 13.7. The van der Waals surface area contributed by atoms with Crippen LogP contribution in [0.15, 0.2) is 40.2 Å². The highest BCUT2D eigenvalue weighted by Crippen LogP contribution is 2.22. The van der Waals surface area contributed by atoms with Gasteiger partial charge in [-0.2, -0.15) is 4.98 Å². The number of thiophene rings is 1. The molecule has 0 bridgehead atoms. The zero-order chi connectivity index (χ0) is 13.9. The second-order valence-electron chi connectivity index (χ2n) is 4.24. The van der Waals surface area contributed by atoms with E-state index in [1.807, 2.05) is 17.5 Å². The Bertz CT molecular complexity index is 692. The van der Waals surface area contributed by atoms with Crippen molar-refractivity contribution in [3.8, 4) is 0 Å². The lowest BCUT2D eigenvalue weighted by atomic mass is 10.1. The van der Waals surface area contributed by atoms with Crippen molar-refractivity contribution in [3.63, 3.8) is 0 Å². The third-order valence-electron chi connectivity index (χ3n) is 2.81. The molecular weight excluding hydrogens is 299 g/mol. The van der Waals surface area contributed by atoms with Gasteiger partial charge < -0.3 is 4.52 Å². The van der Waals surface area contributed by atoms with Gasteiger partial charge in [0.1, 0.15) is 5.82 Å². The molecule has 0 aliphatic rings. The minimum atomic E-state index is -0.365. The minimum absolute atomic E-state index is 0.197. The maximum atomic E-state index is 13.7. The summed E-state index contributed by atoms with van der Waals surface area (Å²) in [5, 5.41) is 6.26. The summed E-state index contributed by atoms with van der Waals surface area (Å²) in [7, 11) is 0. The molecule has 102 valence electrons. The molecule has 0 atom stereocenters. The molecule has 6 heteroatoms. The van der Waals surface area contributed by atoms with Gasteiger partial charge in [-0.05, 0) is 23.6 Å². The fourth-order valence-corrected chi connectivity index (χ4v) is 2.79. The smallest absolute Gasteiger partial charge is 0.231 e. The van der Waals surface area contributed by atoms with Crippen LogP contribution in [-0.2, 0) is 12.8 Å². The molecule has 3 nitrogen and oxygen atoms in total. The Balaban J connectivity index is 1.77. The van der Waals surface area contributed by atoms with Crippen LogP contribution < -0.4 is 0 Å². The summed E-state index contributed by atoms with van der Waals surface area (Å²) in [6.07, 6.45) is 0.815. The lowest BCUT2D eigenvalue weighted by molar-refractivity contribution is 0.379. The molecule has 0 spiro atoms. The van der Waals surface area contributed by atoms with Crippen LogP contribution in [0.25, 0.3) is 0 Å². The summed E-state index contributed by atoms with van der Waals surface area (Å²) in [5.74, 6) is 0.592. The summed E-state index contributed by atoms with van der Waals surface area (Å²) >= 11 is 7.61. The largest absolute Gasteiger partial charge is 0.339 e. The summed E-state index contributed by atoms with van der Waals surface area (Å²) in [6.45, 7) is 0. The molecule has 2 aromatic heterocycles. The molecular formula is C14H10ClFN2OS. The van der Waals surface area contributed by atoms with Gasteiger partial charge in [0.25, 0.3) is 0 Å². The number of hydrogen-bond acceptors (Lipinski definition) is 4. The molecule has 0 saturated heterocycles. The Morgan fingerprint density at radius 2 is 2.10 bits per heavy atom. The lowest BCUT2D eigenvalue weighted by Gasteiger charge is -2.01. The topological polar surface area (TPSA) is 38.9 Å². The predicted molar refractivity (Wildman–Crippen MR) is 75.6 cm³/mol. The van der Waals surface area contributed by atoms with E-state index in [1.165, 1.54) is 6.07 Å². The third-order valence-corrected chi connectivity index (χ3v) is 4.04. The molecule has 3 aromatic rings. The average molecular weight is 309 g/mol. The zero-order valence-electron chi connectivity index (χ0n) is 10.3. The number of hydrogen-bond donors (Lipinski definition) is 0. The Morgan fingerprint density at radius 1 is 1.20 bits per heavy atom. The highest BCUT2D eigenvalue weighted by Gasteiger charge is 2.13. The molecule has 0 aliphatic carbocycles. The Labute approximate surface area is 124 Å². The van der Waals surface area contributed by atoms with Crippen molar-refractivity contribution in [3.05, 3.63) is 68.7 Å². The number of aromatic nitrogens is 2. The molecule has 0 fully saturated rings. The average Bonchev–Trinajstić information content (AvgIpc) is 3.07. The van der Waals surface area contributed by atoms with Crippen LogP contribution in [0.4, 0.5) is 4.39 Å². The number of benzene rings is 1. The van der Waals surface area contributed by atoms with E-state index in [-0.39, 0.29) is 12.2 Å². The Kier molecular flexibility index (Phi) is 3.80. The van der Waals surface area contributed by atoms with Gasteiger partial charge in [0, 0.05) is 21.9 Å². The first-order valence-corrected chi connectivity index (χ1v) is 7.25. The molecule has 0 saturated carbocycles. The molecule has 20 heavy (non-hydrogen) atoms. The van der Waals surface area contributed by atoms with E-state index in [9.17, 15) is 4.39 Å². The van der Waals surface area contributed by atoms with Gasteiger partial charge in [0.05, 0.1) is 6.42 Å². The van der Waals surface area contributed by atoms with Crippen molar-refractivity contribution in [2.75, 3.05) is 0 Å². The number of halogens is 2. The van der Waals surface area contributed by atoms with Gasteiger partial charge in [0.15, 0.2) is 5.82 Å². The molecule has 2 heterocycles. The van der Waals surface area contributed by atoms with Crippen LogP contribution in [0.5, 0.6) is 0 Å². The summed E-state index contributed by atoms with van der Waals surface area (Å²) in [5.41, 5.74) is 0.375. The van der Waals surface area contributed by atoms with Crippen molar-refractivity contribution in [1.29, 1.82) is 0 Å². The number of nitrogens with zero attached hydrogens (tertiary/aromatic N) is 2. The van der Waals surface area contributed by atoms with Crippen molar-refractivity contribution < 1.29 is 8.91 Å². The van der Waals surface area contributed by atoms with Gasteiger partial charge >= 0.3 is 0 Å². The molecule has 0 amide bonds. The molecule has 0 aliphatic heterocycles. The second-order valence-corrected chi connectivity index (χ2v) is 5.68. The number of rotatable bonds is 4. The fraction of sp³-hybridized carbons (Fsp3) is 0.143. The molecule has 1 aromatic carbocycles. The van der Waals surface area contributed by atoms with Gasteiger partial charge in [0.2, 0.25) is 5.89 Å². The summed E-state index contributed by atoms with van der Waals surface area (Å²) in [4.78, 5) is 5.42. The van der Waals surface area contributed by atoms with Crippen LogP contribution in [-0.4, -0.2) is 10.1 Å². The first-order valence-electron chi connectivity index (χ1n) is 5.99. The van der Waals surface area contributed by atoms with Crippen molar-refractivity contribution in [2.45, 2.75) is 12.8 Å². The highest BCUT2D eigenvalue weighted by molar-refractivity contribution is 7.09. The van der Waals surface area contributed by atoms with E-state index in [1.54, 1.807) is 23.5 Å². The van der Waals surface area contributed by atoms with Crippen molar-refractivity contribution in [2.24, 2.45) is 0 Å². The molecule has 0 radical (unpaired) electrons. The van der Waals surface area contributed by atoms with Crippen LogP contribution in [0.3, 0.4) is 0 Å². The molecule has 0 unspecified atom stereocenters. The van der Waals surface area contributed by atoms with Gasteiger partial charge in [-0.25, -0.2) is 4.39 Å². The van der Waals surface area contributed by atoms with E-state index in [4.69, 9.17) is 16.1 Å². The van der Waals surface area contributed by atoms with Crippen molar-refractivity contribution >= 4 is 22.9 Å². The quantitative estimate of drug-likeness (QED) is 0.728. The van der Waals surface area contributed by atoms with Crippen molar-refractivity contribution in [1.82, 2.24) is 10.1 Å². The fourth-order valence-electron chi connectivity index (χ4n) is 1.86. The predicted octanol–water partition coefficient (Wildman–Crippen LogP) is 4.11. The second kappa shape index (κ2) is 5.73. The van der Waals surface area contributed by atoms with Crippen LogP contribution in [0, 0.1) is 5.82 Å². The minimum Gasteiger partial charge on any atom is -0.339 e. The van der Waals surface area contributed by atoms with E-state index in [0.29, 0.717) is 28.7 Å². The standard InChI is InChI=1S/C14H10ClFN2OS/c15-11-4-1-5-12(16)10(11)8-14-17-13(18-19-14)7-9-3-2-6-20-9/h1-6H,7-8H2. The van der Waals surface area contributed by atoms with Crippen LogP contribution >= 0.6 is 22.9 Å². The first-order chi connectivity index (χ1) is 9.72. The van der Waals surface area contributed by atoms with Gasteiger partial charge in [-0.1, -0.05) is 28.9 Å². The normalized spacial score (nSPS) is 10.9. The third kappa shape index (κ3) is 2.89. The summed E-state index contributed by atoms with van der Waals surface area (Å²) < 4.78 is 18.8. The van der Waals surface area contributed by atoms with E-state index >= 15 is 0 Å². The van der Waals surface area contributed by atoms with Gasteiger partial charge in [-0.15, -0.1) is 11.3 Å². The lowest BCUT2D eigenvalue weighted by Crippen LogP contribution is -1.95. The van der Waals surface area contributed by atoms with Crippen LogP contribution in [0.1, 0.15) is 22.2 Å². The van der Waals surface area contributed by atoms with Crippen LogP contribution in [0.2, 0.25) is 5.02 Å². The summed E-state index contributed by atoms with van der Waals surface area (Å²) in [6, 6.07) is 8.55. The monoisotopic (exact) mass is 308 g/mol. The highest BCUT2D eigenvalue weighted by atomic mass is 35.5. The van der Waals surface area contributed by atoms with E-state index in [2.05, 4.69) is 10.1 Å². The molecule has 3 rings (SSSR count). The van der Waals surface area contributed by atoms with Gasteiger partial charge in [-0.3, -0.25) is 0 Å². The SMILES string of the molecule is Fc1cccc(Cl)c1Cc1nc(Cc2cccs2)no1. The zero-order valence-corrected chi connectivity index (χ0v) is 11.9. The first kappa shape index (κ1) is 13.3. The van der Waals surface area contributed by atoms with E-state index < -0.39 is 0 Å². The maximum Gasteiger partial charge on any atom is 0.231 e. The Morgan fingerprint density at radius 3 is 2.85 bits per heavy atom.